The fraction of sp³-hybridized carbons (Fsp3) is 0.267. The van der Waals surface area contributed by atoms with E-state index in [1.807, 2.05) is 30.3 Å². The molecule has 0 radical (unpaired) electrons. The molecule has 3 rings (SSSR count). The molecule has 1 aliphatic rings. The summed E-state index contributed by atoms with van der Waals surface area (Å²) in [5.74, 6) is 0.372. The quantitative estimate of drug-likeness (QED) is 0.840. The lowest BCUT2D eigenvalue weighted by Crippen LogP contribution is -2.38. The van der Waals surface area contributed by atoms with Crippen molar-refractivity contribution in [2.24, 2.45) is 0 Å². The zero-order valence-electron chi connectivity index (χ0n) is 10.7. The Bertz CT molecular complexity index is 624. The first-order chi connectivity index (χ1) is 9.28. The van der Waals surface area contributed by atoms with Crippen molar-refractivity contribution in [1.29, 1.82) is 0 Å². The lowest BCUT2D eigenvalue weighted by molar-refractivity contribution is -0.150. The molecule has 1 aliphatic heterocycles. The number of hydrogen-bond donors (Lipinski definition) is 1. The van der Waals surface area contributed by atoms with Crippen molar-refractivity contribution < 1.29 is 14.3 Å². The summed E-state index contributed by atoms with van der Waals surface area (Å²) in [6.45, 7) is 2.59. The molecule has 1 heterocycles. The lowest BCUT2D eigenvalue weighted by Gasteiger charge is -2.26. The van der Waals surface area contributed by atoms with Crippen LogP contribution < -0.4 is 10.1 Å². The molecule has 0 aliphatic carbocycles. The van der Waals surface area contributed by atoms with Gasteiger partial charge in [0, 0.05) is 0 Å². The Morgan fingerprint density at radius 3 is 2.84 bits per heavy atom. The number of carbonyl (C=O) groups is 1. The SMILES string of the molecule is CCOC(=O)[C@@H]1CNc2cc3ccccc3cc2O1. The zero-order chi connectivity index (χ0) is 13.2. The third kappa shape index (κ3) is 2.21. The van der Waals surface area contributed by atoms with Crippen LogP contribution in [0.3, 0.4) is 0 Å². The van der Waals surface area contributed by atoms with Crippen LogP contribution in [0.25, 0.3) is 10.8 Å². The molecule has 0 spiro atoms. The molecule has 1 atom stereocenters. The predicted molar refractivity (Wildman–Crippen MR) is 73.5 cm³/mol. The number of nitrogens with one attached hydrogen (secondary N) is 1. The second-order valence-corrected chi connectivity index (χ2v) is 4.43. The fourth-order valence-electron chi connectivity index (χ4n) is 2.22. The van der Waals surface area contributed by atoms with E-state index in [1.165, 1.54) is 0 Å². The number of rotatable bonds is 2. The van der Waals surface area contributed by atoms with Gasteiger partial charge in [-0.3, -0.25) is 0 Å². The number of fused-ring (bicyclic) bond motifs is 2. The second kappa shape index (κ2) is 4.80. The fourth-order valence-corrected chi connectivity index (χ4v) is 2.22. The summed E-state index contributed by atoms with van der Waals surface area (Å²) in [4.78, 5) is 11.7. The molecule has 0 saturated carbocycles. The first-order valence-corrected chi connectivity index (χ1v) is 6.38. The van der Waals surface area contributed by atoms with Gasteiger partial charge in [0.05, 0.1) is 18.8 Å². The molecular weight excluding hydrogens is 242 g/mol. The Balaban J connectivity index is 1.92. The molecule has 98 valence electrons. The number of esters is 1. The van der Waals surface area contributed by atoms with Crippen molar-refractivity contribution in [2.75, 3.05) is 18.5 Å². The van der Waals surface area contributed by atoms with E-state index < -0.39 is 6.10 Å². The van der Waals surface area contributed by atoms with Crippen LogP contribution in [0.1, 0.15) is 6.92 Å². The molecule has 1 N–H and O–H groups in total. The van der Waals surface area contributed by atoms with Gasteiger partial charge in [-0.2, -0.15) is 0 Å². The van der Waals surface area contributed by atoms with Crippen LogP contribution in [0.5, 0.6) is 5.75 Å². The normalized spacial score (nSPS) is 17.2. The molecule has 2 aromatic carbocycles. The average Bonchev–Trinajstić information content (AvgIpc) is 2.44. The van der Waals surface area contributed by atoms with Crippen molar-refractivity contribution >= 4 is 22.4 Å². The van der Waals surface area contributed by atoms with Crippen LogP contribution in [0.4, 0.5) is 5.69 Å². The summed E-state index contributed by atoms with van der Waals surface area (Å²) in [5.41, 5.74) is 0.916. The smallest absolute Gasteiger partial charge is 0.349 e. The number of hydrogen-bond acceptors (Lipinski definition) is 4. The molecular formula is C15H15NO3. The van der Waals surface area contributed by atoms with E-state index in [9.17, 15) is 4.79 Å². The molecule has 2 aromatic rings. The van der Waals surface area contributed by atoms with E-state index in [-0.39, 0.29) is 5.97 Å². The third-order valence-electron chi connectivity index (χ3n) is 3.14. The lowest BCUT2D eigenvalue weighted by atomic mass is 10.1. The molecule has 0 bridgehead atoms. The van der Waals surface area contributed by atoms with Crippen molar-refractivity contribution in [3.05, 3.63) is 36.4 Å². The summed E-state index contributed by atoms with van der Waals surface area (Å²) < 4.78 is 10.7. The maximum Gasteiger partial charge on any atom is 0.349 e. The average molecular weight is 257 g/mol. The standard InChI is InChI=1S/C15H15NO3/c1-2-18-15(17)14-9-16-12-7-10-5-3-4-6-11(10)8-13(12)19-14/h3-8,14,16H,2,9H2,1H3/t14-/m0/s1. The Hall–Kier alpha value is -2.23. The number of anilines is 1. The minimum absolute atomic E-state index is 0.325. The molecule has 4 heteroatoms. The van der Waals surface area contributed by atoms with Crippen LogP contribution >= 0.6 is 0 Å². The maximum absolute atomic E-state index is 11.7. The van der Waals surface area contributed by atoms with Crippen LogP contribution in [-0.2, 0) is 9.53 Å². The first-order valence-electron chi connectivity index (χ1n) is 6.38. The van der Waals surface area contributed by atoms with Gasteiger partial charge in [0.1, 0.15) is 5.75 Å². The Morgan fingerprint density at radius 2 is 2.11 bits per heavy atom. The van der Waals surface area contributed by atoms with Gasteiger partial charge in [0.2, 0.25) is 6.10 Å². The predicted octanol–water partition coefficient (Wildman–Crippen LogP) is 2.58. The second-order valence-electron chi connectivity index (χ2n) is 4.43. The number of benzene rings is 2. The van der Waals surface area contributed by atoms with Gasteiger partial charge in [0.15, 0.2) is 0 Å². The van der Waals surface area contributed by atoms with E-state index in [0.717, 1.165) is 16.5 Å². The topological polar surface area (TPSA) is 47.6 Å². The highest BCUT2D eigenvalue weighted by molar-refractivity contribution is 5.89. The molecule has 0 unspecified atom stereocenters. The van der Waals surface area contributed by atoms with E-state index in [0.29, 0.717) is 18.9 Å². The highest BCUT2D eigenvalue weighted by atomic mass is 16.6. The van der Waals surface area contributed by atoms with E-state index in [1.54, 1.807) is 6.92 Å². The van der Waals surface area contributed by atoms with Crippen LogP contribution in [0.2, 0.25) is 0 Å². The van der Waals surface area contributed by atoms with Gasteiger partial charge in [-0.15, -0.1) is 0 Å². The van der Waals surface area contributed by atoms with Crippen LogP contribution in [0.15, 0.2) is 36.4 Å². The van der Waals surface area contributed by atoms with Crippen molar-refractivity contribution in [3.63, 3.8) is 0 Å². The summed E-state index contributed by atoms with van der Waals surface area (Å²) in [5, 5.41) is 5.45. The van der Waals surface area contributed by atoms with Crippen molar-refractivity contribution in [2.45, 2.75) is 13.0 Å². The largest absolute Gasteiger partial charge is 0.475 e. The molecule has 19 heavy (non-hydrogen) atoms. The van der Waals surface area contributed by atoms with Crippen molar-refractivity contribution in [3.8, 4) is 5.75 Å². The van der Waals surface area contributed by atoms with Crippen LogP contribution in [-0.4, -0.2) is 25.2 Å². The highest BCUT2D eigenvalue weighted by Gasteiger charge is 2.27. The summed E-state index contributed by atoms with van der Waals surface area (Å²) in [6.07, 6.45) is -0.575. The Labute approximate surface area is 111 Å². The minimum atomic E-state index is -0.575. The monoisotopic (exact) mass is 257 g/mol. The zero-order valence-corrected chi connectivity index (χ0v) is 10.7. The van der Waals surface area contributed by atoms with E-state index in [4.69, 9.17) is 9.47 Å². The van der Waals surface area contributed by atoms with Gasteiger partial charge in [-0.1, -0.05) is 24.3 Å². The Kier molecular flexibility index (Phi) is 2.99. The first kappa shape index (κ1) is 11.8. The number of carbonyl (C=O) groups excluding carboxylic acids is 1. The molecule has 0 aromatic heterocycles. The van der Waals surface area contributed by atoms with Gasteiger partial charge < -0.3 is 14.8 Å². The van der Waals surface area contributed by atoms with Gasteiger partial charge in [0.25, 0.3) is 0 Å². The van der Waals surface area contributed by atoms with Gasteiger partial charge in [-0.25, -0.2) is 4.79 Å². The highest BCUT2D eigenvalue weighted by Crippen LogP contribution is 2.33. The molecule has 0 saturated heterocycles. The number of ether oxygens (including phenoxy) is 2. The minimum Gasteiger partial charge on any atom is -0.475 e. The molecule has 0 amide bonds. The molecule has 0 fully saturated rings. The maximum atomic E-state index is 11.7. The summed E-state index contributed by atoms with van der Waals surface area (Å²) in [6, 6.07) is 12.0. The summed E-state index contributed by atoms with van der Waals surface area (Å²) >= 11 is 0. The third-order valence-corrected chi connectivity index (χ3v) is 3.14. The van der Waals surface area contributed by atoms with E-state index >= 15 is 0 Å². The van der Waals surface area contributed by atoms with Crippen molar-refractivity contribution in [1.82, 2.24) is 0 Å². The Morgan fingerprint density at radius 1 is 1.37 bits per heavy atom. The van der Waals surface area contributed by atoms with Gasteiger partial charge >= 0.3 is 5.97 Å². The van der Waals surface area contributed by atoms with Crippen LogP contribution in [0, 0.1) is 0 Å². The summed E-state index contributed by atoms with van der Waals surface area (Å²) in [7, 11) is 0. The molecule has 4 nitrogen and oxygen atoms in total. The van der Waals surface area contributed by atoms with E-state index in [2.05, 4.69) is 11.4 Å². The van der Waals surface area contributed by atoms with Gasteiger partial charge in [-0.05, 0) is 29.8 Å².